The highest BCUT2D eigenvalue weighted by Gasteiger charge is 2.39. The third-order valence-corrected chi connectivity index (χ3v) is 6.54. The third kappa shape index (κ3) is 3.87. The number of fused-ring (bicyclic) bond motifs is 1. The Kier molecular flexibility index (Phi) is 6.15. The molecule has 1 fully saturated rings. The number of carbonyl (C=O) groups is 1. The van der Waals surface area contributed by atoms with Gasteiger partial charge in [0.15, 0.2) is 0 Å². The molecule has 0 atom stereocenters. The minimum Gasteiger partial charge on any atom is -0.335 e. The van der Waals surface area contributed by atoms with Crippen molar-refractivity contribution in [1.29, 1.82) is 0 Å². The van der Waals surface area contributed by atoms with Crippen LogP contribution in [-0.2, 0) is 23.2 Å². The Morgan fingerprint density at radius 3 is 2.44 bits per heavy atom. The van der Waals surface area contributed by atoms with E-state index in [4.69, 9.17) is 17.3 Å². The number of hydrogen-bond acceptors (Lipinski definition) is 2. The molecule has 5 heteroatoms. The number of rotatable bonds is 3. The van der Waals surface area contributed by atoms with Crippen LogP contribution in [0.4, 0.5) is 0 Å². The van der Waals surface area contributed by atoms with Crippen molar-refractivity contribution in [1.82, 2.24) is 4.90 Å². The third-order valence-electron chi connectivity index (χ3n) is 6.30. The second-order valence-electron chi connectivity index (χ2n) is 7.69. The lowest BCUT2D eigenvalue weighted by Crippen LogP contribution is -2.49. The lowest BCUT2D eigenvalue weighted by Gasteiger charge is -2.44. The fourth-order valence-electron chi connectivity index (χ4n) is 4.65. The number of carbonyl (C=O) groups excluding carboxylic acids is 1. The van der Waals surface area contributed by atoms with Gasteiger partial charge < -0.3 is 10.6 Å². The van der Waals surface area contributed by atoms with E-state index in [-0.39, 0.29) is 23.7 Å². The molecule has 2 N–H and O–H groups in total. The molecule has 0 aromatic heterocycles. The van der Waals surface area contributed by atoms with Crippen LogP contribution in [-0.4, -0.2) is 23.4 Å². The van der Waals surface area contributed by atoms with Crippen LogP contribution in [0.3, 0.4) is 0 Å². The Labute approximate surface area is 172 Å². The summed E-state index contributed by atoms with van der Waals surface area (Å²) in [7, 11) is 0. The summed E-state index contributed by atoms with van der Waals surface area (Å²) in [6.45, 7) is 1.36. The van der Waals surface area contributed by atoms with Crippen LogP contribution in [0.2, 0.25) is 5.02 Å². The average molecular weight is 405 g/mol. The molecule has 4 rings (SSSR count). The first-order valence-electron chi connectivity index (χ1n) is 9.44. The number of hydrogen-bond donors (Lipinski definition) is 1. The maximum atomic E-state index is 12.7. The zero-order valence-corrected chi connectivity index (χ0v) is 16.9. The van der Waals surface area contributed by atoms with Crippen molar-refractivity contribution in [3.05, 3.63) is 70.2 Å². The maximum Gasteiger partial charge on any atom is 0.227 e. The van der Waals surface area contributed by atoms with Crippen LogP contribution in [0, 0.1) is 0 Å². The van der Waals surface area contributed by atoms with E-state index in [0.29, 0.717) is 19.0 Å². The Morgan fingerprint density at radius 2 is 1.78 bits per heavy atom. The predicted octanol–water partition coefficient (Wildman–Crippen LogP) is 4.49. The lowest BCUT2D eigenvalue weighted by molar-refractivity contribution is -0.135. The van der Waals surface area contributed by atoms with Crippen LogP contribution >= 0.6 is 24.0 Å². The molecule has 1 heterocycles. The molecule has 0 radical (unpaired) electrons. The Bertz CT molecular complexity index is 815. The van der Waals surface area contributed by atoms with Crippen LogP contribution in [0.5, 0.6) is 0 Å². The van der Waals surface area contributed by atoms with Gasteiger partial charge in [-0.15, -0.1) is 12.4 Å². The molecule has 0 unspecified atom stereocenters. The summed E-state index contributed by atoms with van der Waals surface area (Å²) >= 11 is 6.21. The smallest absolute Gasteiger partial charge is 0.227 e. The first-order valence-corrected chi connectivity index (χ1v) is 9.81. The molecule has 2 aromatic rings. The standard InChI is InChI=1S/C22H25ClN2O.ClH/c23-19-7-3-6-18(13-19)22(15-24)10-8-20(9-11-22)25-14-17-5-2-1-4-16(17)12-21(25)26;/h1-7,13,20H,8-12,14-15,24H2;1H/t20-,22+;. The van der Waals surface area contributed by atoms with Gasteiger partial charge in [0.25, 0.3) is 0 Å². The van der Waals surface area contributed by atoms with E-state index in [2.05, 4.69) is 35.2 Å². The molecule has 27 heavy (non-hydrogen) atoms. The summed E-state index contributed by atoms with van der Waals surface area (Å²) in [4.78, 5) is 14.8. The molecular formula is C22H26Cl2N2O. The summed E-state index contributed by atoms with van der Waals surface area (Å²) in [5, 5.41) is 0.764. The average Bonchev–Trinajstić information content (AvgIpc) is 2.67. The first kappa shape index (κ1) is 20.2. The molecule has 0 bridgehead atoms. The van der Waals surface area contributed by atoms with Crippen molar-refractivity contribution >= 4 is 29.9 Å². The summed E-state index contributed by atoms with van der Waals surface area (Å²) < 4.78 is 0. The molecule has 1 aliphatic heterocycles. The SMILES string of the molecule is Cl.NC[C@]1(c2cccc(Cl)c2)CC[C@@H](N2Cc3ccccc3CC2=O)CC1. The van der Waals surface area contributed by atoms with Crippen molar-refractivity contribution in [2.75, 3.05) is 6.54 Å². The van der Waals surface area contributed by atoms with Crippen molar-refractivity contribution in [2.24, 2.45) is 5.73 Å². The summed E-state index contributed by atoms with van der Waals surface area (Å²) in [5.41, 5.74) is 9.90. The lowest BCUT2D eigenvalue weighted by atomic mass is 9.68. The molecule has 2 aliphatic rings. The van der Waals surface area contributed by atoms with E-state index in [1.165, 1.54) is 16.7 Å². The number of nitrogens with two attached hydrogens (primary N) is 1. The summed E-state index contributed by atoms with van der Waals surface area (Å²) in [5.74, 6) is 0.261. The van der Waals surface area contributed by atoms with Crippen molar-refractivity contribution in [3.8, 4) is 0 Å². The molecular weight excluding hydrogens is 379 g/mol. The molecule has 0 spiro atoms. The molecule has 3 nitrogen and oxygen atoms in total. The van der Waals surface area contributed by atoms with E-state index in [0.717, 1.165) is 37.3 Å². The zero-order valence-electron chi connectivity index (χ0n) is 15.4. The monoisotopic (exact) mass is 404 g/mol. The number of benzene rings is 2. The molecule has 2 aromatic carbocycles. The van der Waals surface area contributed by atoms with Gasteiger partial charge in [0.1, 0.15) is 0 Å². The van der Waals surface area contributed by atoms with Crippen molar-refractivity contribution in [2.45, 2.75) is 50.1 Å². The highest BCUT2D eigenvalue weighted by molar-refractivity contribution is 6.30. The van der Waals surface area contributed by atoms with Crippen LogP contribution < -0.4 is 5.73 Å². The number of halogens is 2. The summed E-state index contributed by atoms with van der Waals surface area (Å²) in [6, 6.07) is 16.7. The van der Waals surface area contributed by atoms with Gasteiger partial charge in [0.2, 0.25) is 5.91 Å². The molecule has 1 aliphatic carbocycles. The molecule has 1 amide bonds. The van der Waals surface area contributed by atoms with Gasteiger partial charge in [-0.1, -0.05) is 48.0 Å². The maximum absolute atomic E-state index is 12.7. The Balaban J connectivity index is 0.00000210. The van der Waals surface area contributed by atoms with Crippen LogP contribution in [0.25, 0.3) is 0 Å². The minimum atomic E-state index is -0.0157. The number of nitrogens with zero attached hydrogens (tertiary/aromatic N) is 1. The Morgan fingerprint density at radius 1 is 1.07 bits per heavy atom. The van der Waals surface area contributed by atoms with Gasteiger partial charge in [0, 0.05) is 29.6 Å². The highest BCUT2D eigenvalue weighted by Crippen LogP contribution is 2.41. The Hall–Kier alpha value is -1.55. The van der Waals surface area contributed by atoms with Gasteiger partial charge in [-0.3, -0.25) is 4.79 Å². The van der Waals surface area contributed by atoms with E-state index < -0.39 is 0 Å². The fraction of sp³-hybridized carbons (Fsp3) is 0.409. The second kappa shape index (κ2) is 8.22. The van der Waals surface area contributed by atoms with Gasteiger partial charge in [-0.2, -0.15) is 0 Å². The van der Waals surface area contributed by atoms with Crippen LogP contribution in [0.15, 0.2) is 48.5 Å². The van der Waals surface area contributed by atoms with Gasteiger partial charge >= 0.3 is 0 Å². The largest absolute Gasteiger partial charge is 0.335 e. The van der Waals surface area contributed by atoms with E-state index in [9.17, 15) is 4.79 Å². The fourth-order valence-corrected chi connectivity index (χ4v) is 4.84. The summed E-state index contributed by atoms with van der Waals surface area (Å²) in [6.07, 6.45) is 4.53. The first-order chi connectivity index (χ1) is 12.6. The predicted molar refractivity (Wildman–Crippen MR) is 112 cm³/mol. The zero-order chi connectivity index (χ0) is 18.1. The van der Waals surface area contributed by atoms with E-state index in [1.807, 2.05) is 18.2 Å². The van der Waals surface area contributed by atoms with E-state index >= 15 is 0 Å². The molecule has 1 saturated carbocycles. The molecule has 144 valence electrons. The van der Waals surface area contributed by atoms with Crippen molar-refractivity contribution < 1.29 is 4.79 Å². The normalized spacial score (nSPS) is 24.9. The van der Waals surface area contributed by atoms with Gasteiger partial charge in [-0.05, 0) is 54.5 Å². The second-order valence-corrected chi connectivity index (χ2v) is 8.13. The highest BCUT2D eigenvalue weighted by atomic mass is 35.5. The van der Waals surface area contributed by atoms with Gasteiger partial charge in [-0.25, -0.2) is 0 Å². The number of amides is 1. The quantitative estimate of drug-likeness (QED) is 0.818. The van der Waals surface area contributed by atoms with Gasteiger partial charge in [0.05, 0.1) is 6.42 Å². The van der Waals surface area contributed by atoms with Crippen molar-refractivity contribution in [3.63, 3.8) is 0 Å². The minimum absolute atomic E-state index is 0. The topological polar surface area (TPSA) is 46.3 Å². The molecule has 0 saturated heterocycles. The van der Waals surface area contributed by atoms with E-state index in [1.54, 1.807) is 0 Å². The van der Waals surface area contributed by atoms with Crippen LogP contribution in [0.1, 0.15) is 42.4 Å².